The largest absolute Gasteiger partial charge is 0.364 e. The Balaban J connectivity index is 1.34. The van der Waals surface area contributed by atoms with Crippen LogP contribution in [0, 0.1) is 5.92 Å². The van der Waals surface area contributed by atoms with Gasteiger partial charge >= 0.3 is 0 Å². The Morgan fingerprint density at radius 2 is 1.97 bits per heavy atom. The van der Waals surface area contributed by atoms with Crippen LogP contribution in [0.4, 0.5) is 0 Å². The highest BCUT2D eigenvalue weighted by Gasteiger charge is 2.40. The van der Waals surface area contributed by atoms with Crippen molar-refractivity contribution >= 4 is 29.2 Å². The van der Waals surface area contributed by atoms with E-state index >= 15 is 0 Å². The molecule has 3 aliphatic rings. The number of primary amides is 1. The summed E-state index contributed by atoms with van der Waals surface area (Å²) >= 11 is 0. The van der Waals surface area contributed by atoms with Crippen molar-refractivity contribution in [3.05, 3.63) is 70.6 Å². The van der Waals surface area contributed by atoms with Crippen molar-refractivity contribution in [1.29, 1.82) is 0 Å². The van der Waals surface area contributed by atoms with Gasteiger partial charge in [0.2, 0.25) is 11.8 Å². The highest BCUT2D eigenvalue weighted by atomic mass is 16.2. The fourth-order valence-electron chi connectivity index (χ4n) is 5.18. The second-order valence-electron chi connectivity index (χ2n) is 8.85. The molecule has 0 saturated carbocycles. The molecule has 4 amide bonds. The number of piperidine rings is 1. The molecular formula is C25H24N4O4. The fourth-order valence-corrected chi connectivity index (χ4v) is 5.18. The van der Waals surface area contributed by atoms with Crippen LogP contribution in [0.15, 0.2) is 42.6 Å². The predicted octanol–water partition coefficient (Wildman–Crippen LogP) is 1.98. The first-order valence-corrected chi connectivity index (χ1v) is 11.1. The van der Waals surface area contributed by atoms with Crippen molar-refractivity contribution in [3.8, 4) is 0 Å². The van der Waals surface area contributed by atoms with Crippen molar-refractivity contribution < 1.29 is 19.2 Å². The molecule has 1 aliphatic carbocycles. The van der Waals surface area contributed by atoms with Crippen LogP contribution in [0.5, 0.6) is 0 Å². The monoisotopic (exact) mass is 444 g/mol. The van der Waals surface area contributed by atoms with Crippen LogP contribution in [-0.2, 0) is 22.6 Å². The van der Waals surface area contributed by atoms with Crippen molar-refractivity contribution in [2.75, 3.05) is 0 Å². The summed E-state index contributed by atoms with van der Waals surface area (Å²) in [6, 6.07) is 8.77. The zero-order chi connectivity index (χ0) is 23.1. The zero-order valence-electron chi connectivity index (χ0n) is 18.0. The molecule has 0 radical (unpaired) electrons. The molecule has 168 valence electrons. The number of carbonyl (C=O) groups is 4. The van der Waals surface area contributed by atoms with E-state index in [1.54, 1.807) is 17.2 Å². The van der Waals surface area contributed by atoms with Gasteiger partial charge in [-0.15, -0.1) is 0 Å². The van der Waals surface area contributed by atoms with Gasteiger partial charge in [0.15, 0.2) is 0 Å². The molecule has 33 heavy (non-hydrogen) atoms. The van der Waals surface area contributed by atoms with Crippen molar-refractivity contribution in [2.45, 2.75) is 44.7 Å². The first-order chi connectivity index (χ1) is 15.9. The highest BCUT2D eigenvalue weighted by Crippen LogP contribution is 2.39. The second-order valence-corrected chi connectivity index (χ2v) is 8.85. The minimum absolute atomic E-state index is 0.169. The normalized spacial score (nSPS) is 22.2. The Morgan fingerprint density at radius 1 is 1.15 bits per heavy atom. The number of hydrogen-bond acceptors (Lipinski definition) is 5. The van der Waals surface area contributed by atoms with Gasteiger partial charge in [-0.25, -0.2) is 0 Å². The summed E-state index contributed by atoms with van der Waals surface area (Å²) in [5.74, 6) is -1.09. The number of nitrogens with two attached hydrogens (primary N) is 1. The molecule has 5 rings (SSSR count). The Hall–Kier alpha value is -3.81. The molecule has 2 aliphatic heterocycles. The first-order valence-electron chi connectivity index (χ1n) is 11.1. The maximum absolute atomic E-state index is 13.1. The number of hydrogen-bond donors (Lipinski definition) is 2. The number of imide groups is 1. The van der Waals surface area contributed by atoms with Crippen LogP contribution in [0.25, 0.3) is 5.57 Å². The van der Waals surface area contributed by atoms with E-state index in [0.717, 1.165) is 29.5 Å². The van der Waals surface area contributed by atoms with Gasteiger partial charge in [-0.1, -0.05) is 24.3 Å². The molecule has 0 spiro atoms. The van der Waals surface area contributed by atoms with Crippen LogP contribution in [0.2, 0.25) is 0 Å². The number of benzene rings is 1. The van der Waals surface area contributed by atoms with Gasteiger partial charge < -0.3 is 10.6 Å². The van der Waals surface area contributed by atoms with Gasteiger partial charge in [0, 0.05) is 24.7 Å². The molecule has 2 unspecified atom stereocenters. The smallest absolute Gasteiger partial charge is 0.267 e. The van der Waals surface area contributed by atoms with E-state index in [2.05, 4.69) is 16.4 Å². The SMILES string of the molecule is NC(=O)c1ncccc1CC1CC=C(c2cccc3c2CN(C2CCC(=O)NC2=O)C3=O)C1. The Bertz CT molecular complexity index is 1220. The van der Waals surface area contributed by atoms with Crippen molar-refractivity contribution in [2.24, 2.45) is 11.7 Å². The molecule has 8 heteroatoms. The number of pyridine rings is 1. The molecule has 1 aromatic carbocycles. The van der Waals surface area contributed by atoms with Crippen molar-refractivity contribution in [3.63, 3.8) is 0 Å². The van der Waals surface area contributed by atoms with E-state index in [-0.39, 0.29) is 18.2 Å². The first kappa shape index (κ1) is 21.1. The molecule has 1 aromatic heterocycles. The van der Waals surface area contributed by atoms with E-state index in [4.69, 9.17) is 5.73 Å². The lowest BCUT2D eigenvalue weighted by atomic mass is 9.91. The lowest BCUT2D eigenvalue weighted by molar-refractivity contribution is -0.136. The molecule has 2 atom stereocenters. The molecule has 0 bridgehead atoms. The van der Waals surface area contributed by atoms with Gasteiger partial charge in [0.1, 0.15) is 11.7 Å². The maximum atomic E-state index is 13.1. The van der Waals surface area contributed by atoms with Gasteiger partial charge in [0.05, 0.1) is 0 Å². The summed E-state index contributed by atoms with van der Waals surface area (Å²) in [4.78, 5) is 54.4. The van der Waals surface area contributed by atoms with Gasteiger partial charge in [-0.05, 0) is 66.0 Å². The predicted molar refractivity (Wildman–Crippen MR) is 120 cm³/mol. The van der Waals surface area contributed by atoms with Crippen LogP contribution in [0.3, 0.4) is 0 Å². The zero-order valence-corrected chi connectivity index (χ0v) is 18.0. The number of fused-ring (bicyclic) bond motifs is 1. The average Bonchev–Trinajstić information content (AvgIpc) is 3.39. The molecule has 3 N–H and O–H groups in total. The number of amides is 4. The highest BCUT2D eigenvalue weighted by molar-refractivity contribution is 6.06. The van der Waals surface area contributed by atoms with Gasteiger partial charge in [-0.3, -0.25) is 29.5 Å². The van der Waals surface area contributed by atoms with E-state index in [0.29, 0.717) is 36.6 Å². The third kappa shape index (κ3) is 3.82. The van der Waals surface area contributed by atoms with E-state index in [9.17, 15) is 19.2 Å². The molecule has 8 nitrogen and oxygen atoms in total. The third-order valence-corrected chi connectivity index (χ3v) is 6.77. The number of nitrogens with one attached hydrogen (secondary N) is 1. The number of carbonyl (C=O) groups excluding carboxylic acids is 4. The third-order valence-electron chi connectivity index (χ3n) is 6.77. The minimum Gasteiger partial charge on any atom is -0.364 e. The summed E-state index contributed by atoms with van der Waals surface area (Å²) in [6.45, 7) is 0.354. The van der Waals surface area contributed by atoms with Gasteiger partial charge in [0.25, 0.3) is 11.8 Å². The fraction of sp³-hybridized carbons (Fsp3) is 0.320. The van der Waals surface area contributed by atoms with E-state index in [1.165, 1.54) is 5.57 Å². The summed E-state index contributed by atoms with van der Waals surface area (Å²) in [5, 5.41) is 2.34. The summed E-state index contributed by atoms with van der Waals surface area (Å²) in [6.07, 6.45) is 6.71. The topological polar surface area (TPSA) is 122 Å². The van der Waals surface area contributed by atoms with E-state index < -0.39 is 17.9 Å². The molecule has 2 aromatic rings. The molecular weight excluding hydrogens is 420 g/mol. The lowest BCUT2D eigenvalue weighted by Crippen LogP contribution is -2.52. The standard InChI is InChI=1S/C25H24N4O4/c26-23(31)22-16(3-2-10-27-22)12-14-6-7-15(11-14)17-4-1-5-18-19(17)13-29(25(18)33)20-8-9-21(30)28-24(20)32/h1-5,7,10,14,20H,6,8-9,11-13H2,(H2,26,31)(H,28,30,32). The summed E-state index contributed by atoms with van der Waals surface area (Å²) in [7, 11) is 0. The lowest BCUT2D eigenvalue weighted by Gasteiger charge is -2.29. The average molecular weight is 444 g/mol. The Morgan fingerprint density at radius 3 is 2.76 bits per heavy atom. The Kier molecular flexibility index (Phi) is 5.28. The number of nitrogens with zero attached hydrogens (tertiary/aromatic N) is 2. The van der Waals surface area contributed by atoms with Crippen LogP contribution >= 0.6 is 0 Å². The van der Waals surface area contributed by atoms with E-state index in [1.807, 2.05) is 24.3 Å². The van der Waals surface area contributed by atoms with Gasteiger partial charge in [-0.2, -0.15) is 0 Å². The second kappa shape index (κ2) is 8.27. The summed E-state index contributed by atoms with van der Waals surface area (Å²) < 4.78 is 0. The molecule has 1 fully saturated rings. The Labute approximate surface area is 190 Å². The number of aromatic nitrogens is 1. The molecule has 1 saturated heterocycles. The van der Waals surface area contributed by atoms with Crippen molar-refractivity contribution in [1.82, 2.24) is 15.2 Å². The number of allylic oxidation sites excluding steroid dienone is 2. The van der Waals surface area contributed by atoms with Crippen LogP contribution in [-0.4, -0.2) is 39.6 Å². The molecule has 3 heterocycles. The summed E-state index contributed by atoms with van der Waals surface area (Å²) in [5.41, 5.74) is 10.4. The van der Waals surface area contributed by atoms with Crippen LogP contribution < -0.4 is 11.1 Å². The maximum Gasteiger partial charge on any atom is 0.267 e. The number of rotatable bonds is 5. The minimum atomic E-state index is -0.626. The van der Waals surface area contributed by atoms with Crippen LogP contribution in [0.1, 0.15) is 63.2 Å². The quantitative estimate of drug-likeness (QED) is 0.683.